The minimum atomic E-state index is 0.104. The van der Waals surface area contributed by atoms with Gasteiger partial charge < -0.3 is 10.2 Å². The summed E-state index contributed by atoms with van der Waals surface area (Å²) in [7, 11) is 1.89. The number of carbonyl (C=O) groups is 1. The zero-order chi connectivity index (χ0) is 19.3. The lowest BCUT2D eigenvalue weighted by Crippen LogP contribution is -2.37. The van der Waals surface area contributed by atoms with Crippen molar-refractivity contribution in [2.24, 2.45) is 7.05 Å². The fourth-order valence-corrected chi connectivity index (χ4v) is 4.42. The van der Waals surface area contributed by atoms with Crippen LogP contribution in [0.3, 0.4) is 0 Å². The first-order valence-corrected chi connectivity index (χ1v) is 10.4. The van der Waals surface area contributed by atoms with E-state index in [2.05, 4.69) is 10.4 Å². The summed E-state index contributed by atoms with van der Waals surface area (Å²) in [6, 6.07) is 2.48. The van der Waals surface area contributed by atoms with Gasteiger partial charge in [-0.3, -0.25) is 9.48 Å². The highest BCUT2D eigenvalue weighted by atomic mass is 32.1. The Balaban J connectivity index is 1.49. The number of hydrogen-bond donors (Lipinski definition) is 1. The van der Waals surface area contributed by atoms with Crippen molar-refractivity contribution in [2.75, 3.05) is 11.9 Å². The predicted octanol–water partition coefficient (Wildman–Crippen LogP) is 3.02. The molecule has 1 fully saturated rings. The maximum Gasteiger partial charge on any atom is 0.264 e. The number of anilines is 1. The van der Waals surface area contributed by atoms with E-state index in [0.29, 0.717) is 25.0 Å². The molecule has 1 saturated carbocycles. The first-order valence-electron chi connectivity index (χ1n) is 9.57. The second-order valence-corrected chi connectivity index (χ2v) is 8.47. The molecule has 8 heteroatoms. The molecule has 1 N–H and O–H groups in total. The number of hydrogen-bond acceptors (Lipinski definition) is 6. The molecular formula is C20H22N6OS. The number of aryl methyl sites for hydroxylation is 2. The van der Waals surface area contributed by atoms with Crippen molar-refractivity contribution < 1.29 is 4.79 Å². The maximum atomic E-state index is 13.0. The van der Waals surface area contributed by atoms with Crippen molar-refractivity contribution in [3.05, 3.63) is 45.5 Å². The number of rotatable bonds is 4. The molecule has 1 aliphatic heterocycles. The number of aromatic nitrogens is 4. The van der Waals surface area contributed by atoms with E-state index in [4.69, 9.17) is 9.97 Å². The first-order chi connectivity index (χ1) is 13.6. The van der Waals surface area contributed by atoms with Gasteiger partial charge in [-0.25, -0.2) is 9.97 Å². The molecule has 0 radical (unpaired) electrons. The largest absolute Gasteiger partial charge is 0.367 e. The Kier molecular flexibility index (Phi) is 4.16. The minimum absolute atomic E-state index is 0.104. The highest BCUT2D eigenvalue weighted by Crippen LogP contribution is 2.32. The Morgan fingerprint density at radius 3 is 2.86 bits per heavy atom. The topological polar surface area (TPSA) is 75.9 Å². The van der Waals surface area contributed by atoms with Gasteiger partial charge in [0.15, 0.2) is 5.82 Å². The fourth-order valence-electron chi connectivity index (χ4n) is 3.53. The summed E-state index contributed by atoms with van der Waals surface area (Å²) in [5.41, 5.74) is 4.04. The summed E-state index contributed by atoms with van der Waals surface area (Å²) in [5, 5.41) is 9.77. The molecule has 3 aromatic rings. The number of nitrogens with one attached hydrogen (secondary N) is 1. The fraction of sp³-hybridized carbons (Fsp3) is 0.400. The molecule has 0 unspecified atom stereocenters. The van der Waals surface area contributed by atoms with Crippen molar-refractivity contribution in [3.8, 4) is 11.4 Å². The number of nitrogens with zero attached hydrogens (tertiary/aromatic N) is 5. The molecular weight excluding hydrogens is 372 g/mol. The van der Waals surface area contributed by atoms with Gasteiger partial charge in [-0.2, -0.15) is 5.10 Å². The van der Waals surface area contributed by atoms with E-state index in [1.807, 2.05) is 36.5 Å². The van der Waals surface area contributed by atoms with Crippen LogP contribution in [-0.4, -0.2) is 43.1 Å². The summed E-state index contributed by atoms with van der Waals surface area (Å²) in [6.45, 7) is 3.22. The first kappa shape index (κ1) is 17.4. The summed E-state index contributed by atoms with van der Waals surface area (Å²) in [4.78, 5) is 25.4. The lowest BCUT2D eigenvalue weighted by atomic mass is 10.0. The molecule has 0 saturated heterocycles. The van der Waals surface area contributed by atoms with Gasteiger partial charge in [-0.1, -0.05) is 0 Å². The van der Waals surface area contributed by atoms with Gasteiger partial charge in [0, 0.05) is 37.8 Å². The molecule has 28 heavy (non-hydrogen) atoms. The van der Waals surface area contributed by atoms with E-state index in [-0.39, 0.29) is 5.91 Å². The van der Waals surface area contributed by atoms with Gasteiger partial charge >= 0.3 is 0 Å². The van der Waals surface area contributed by atoms with Crippen molar-refractivity contribution in [3.63, 3.8) is 0 Å². The Labute approximate surface area is 167 Å². The quantitative estimate of drug-likeness (QED) is 0.736. The summed E-state index contributed by atoms with van der Waals surface area (Å²) < 4.78 is 1.76. The van der Waals surface area contributed by atoms with Crippen LogP contribution in [0.1, 0.15) is 39.3 Å². The van der Waals surface area contributed by atoms with Crippen LogP contribution in [0, 0.1) is 6.92 Å². The predicted molar refractivity (Wildman–Crippen MR) is 108 cm³/mol. The van der Waals surface area contributed by atoms with Crippen LogP contribution in [0.15, 0.2) is 23.8 Å². The van der Waals surface area contributed by atoms with Gasteiger partial charge in [-0.05, 0) is 36.8 Å². The molecule has 4 heterocycles. The second kappa shape index (κ2) is 6.70. The number of carbonyl (C=O) groups excluding carboxylic acids is 1. The monoisotopic (exact) mass is 394 g/mol. The normalized spacial score (nSPS) is 16.1. The van der Waals surface area contributed by atoms with Gasteiger partial charge in [0.2, 0.25) is 0 Å². The third-order valence-electron chi connectivity index (χ3n) is 5.29. The Bertz CT molecular complexity index is 1050. The van der Waals surface area contributed by atoms with Gasteiger partial charge in [0.25, 0.3) is 5.91 Å². The van der Waals surface area contributed by atoms with E-state index >= 15 is 0 Å². The minimum Gasteiger partial charge on any atom is -0.367 e. The van der Waals surface area contributed by atoms with Crippen LogP contribution in [0.25, 0.3) is 11.4 Å². The van der Waals surface area contributed by atoms with Gasteiger partial charge in [0.05, 0.1) is 28.9 Å². The van der Waals surface area contributed by atoms with E-state index in [1.165, 1.54) is 11.3 Å². The Morgan fingerprint density at radius 1 is 1.32 bits per heavy atom. The Morgan fingerprint density at radius 2 is 2.18 bits per heavy atom. The number of fused-ring (bicyclic) bond motifs is 1. The molecule has 0 bridgehead atoms. The molecule has 0 atom stereocenters. The molecule has 144 valence electrons. The van der Waals surface area contributed by atoms with Gasteiger partial charge in [-0.15, -0.1) is 11.3 Å². The lowest BCUT2D eigenvalue weighted by Gasteiger charge is -2.29. The molecule has 1 amide bonds. The van der Waals surface area contributed by atoms with Crippen molar-refractivity contribution in [1.82, 2.24) is 24.6 Å². The lowest BCUT2D eigenvalue weighted by molar-refractivity contribution is 0.0738. The summed E-state index contributed by atoms with van der Waals surface area (Å²) in [6.07, 6.45) is 6.79. The maximum absolute atomic E-state index is 13.0. The molecule has 1 aliphatic carbocycles. The van der Waals surface area contributed by atoms with Crippen molar-refractivity contribution >= 4 is 23.1 Å². The van der Waals surface area contributed by atoms with E-state index in [0.717, 1.165) is 52.3 Å². The van der Waals surface area contributed by atoms with E-state index in [9.17, 15) is 4.79 Å². The molecule has 5 rings (SSSR count). The van der Waals surface area contributed by atoms with Crippen molar-refractivity contribution in [1.29, 1.82) is 0 Å². The van der Waals surface area contributed by atoms with Crippen molar-refractivity contribution in [2.45, 2.75) is 38.8 Å². The summed E-state index contributed by atoms with van der Waals surface area (Å²) in [5.74, 6) is 1.67. The van der Waals surface area contributed by atoms with Crippen LogP contribution < -0.4 is 5.32 Å². The average Bonchev–Trinajstić information content (AvgIpc) is 3.23. The molecule has 2 aliphatic rings. The smallest absolute Gasteiger partial charge is 0.264 e. The SMILES string of the molecule is Cc1ccsc1C(=O)N1CCc2nc(-c3cnn(C)c3)nc(NC3CC3)c2C1. The van der Waals surface area contributed by atoms with Crippen LogP contribution in [0.4, 0.5) is 5.82 Å². The van der Waals surface area contributed by atoms with Crippen LogP contribution in [0.2, 0.25) is 0 Å². The molecule has 3 aromatic heterocycles. The van der Waals surface area contributed by atoms with Gasteiger partial charge in [0.1, 0.15) is 5.82 Å². The number of thiophene rings is 1. The highest BCUT2D eigenvalue weighted by Gasteiger charge is 2.30. The van der Waals surface area contributed by atoms with Crippen LogP contribution in [0.5, 0.6) is 0 Å². The summed E-state index contributed by atoms with van der Waals surface area (Å²) >= 11 is 1.51. The second-order valence-electron chi connectivity index (χ2n) is 7.55. The van der Waals surface area contributed by atoms with E-state index < -0.39 is 0 Å². The standard InChI is InChI=1S/C20H22N6OS/c1-12-6-8-28-17(12)20(27)26-7-5-16-15(11-26)19(22-14-3-4-14)24-18(23-16)13-9-21-25(2)10-13/h6,8-10,14H,3-5,7,11H2,1-2H3,(H,22,23,24). The zero-order valence-electron chi connectivity index (χ0n) is 16.0. The highest BCUT2D eigenvalue weighted by molar-refractivity contribution is 7.12. The zero-order valence-corrected chi connectivity index (χ0v) is 16.8. The molecule has 0 spiro atoms. The van der Waals surface area contributed by atoms with Crippen LogP contribution >= 0.6 is 11.3 Å². The third kappa shape index (κ3) is 3.17. The van der Waals surface area contributed by atoms with Crippen LogP contribution in [-0.2, 0) is 20.0 Å². The Hall–Kier alpha value is -2.74. The molecule has 0 aromatic carbocycles. The van der Waals surface area contributed by atoms with E-state index in [1.54, 1.807) is 10.9 Å². The average molecular weight is 395 g/mol. The number of amides is 1. The molecule has 7 nitrogen and oxygen atoms in total. The third-order valence-corrected chi connectivity index (χ3v) is 6.29.